The molecule has 0 fully saturated rings. The average molecular weight is 528 g/mol. The molecule has 1 unspecified atom stereocenters. The van der Waals surface area contributed by atoms with Gasteiger partial charge in [0.25, 0.3) is 5.91 Å². The van der Waals surface area contributed by atoms with Gasteiger partial charge in [-0.3, -0.25) is 9.69 Å². The van der Waals surface area contributed by atoms with Crippen molar-refractivity contribution in [3.8, 4) is 0 Å². The number of carbonyl (C=O) groups excluding carboxylic acids is 2. The summed E-state index contributed by atoms with van der Waals surface area (Å²) in [5, 5.41) is 4.22. The van der Waals surface area contributed by atoms with E-state index in [9.17, 15) is 9.59 Å². The maximum absolute atomic E-state index is 13.2. The summed E-state index contributed by atoms with van der Waals surface area (Å²) in [6, 6.07) is 24.4. The van der Waals surface area contributed by atoms with Gasteiger partial charge in [-0.05, 0) is 47.4 Å². The lowest BCUT2D eigenvalue weighted by atomic mass is 10.1. The Morgan fingerprint density at radius 1 is 0.947 bits per heavy atom. The number of hydrogen-bond acceptors (Lipinski definition) is 5. The number of hydrogen-bond donors (Lipinski definition) is 1. The number of ether oxygens (including phenoxy) is 1. The Bertz CT molecular complexity index is 1350. The van der Waals surface area contributed by atoms with Crippen molar-refractivity contribution in [2.75, 3.05) is 6.54 Å². The first-order chi connectivity index (χ1) is 18.5. The van der Waals surface area contributed by atoms with Gasteiger partial charge in [0, 0.05) is 23.8 Å². The van der Waals surface area contributed by atoms with Crippen molar-refractivity contribution in [3.05, 3.63) is 118 Å². The van der Waals surface area contributed by atoms with E-state index in [1.165, 1.54) is 0 Å². The van der Waals surface area contributed by atoms with Gasteiger partial charge in [-0.2, -0.15) is 0 Å². The van der Waals surface area contributed by atoms with Crippen LogP contribution in [0.1, 0.15) is 53.2 Å². The molecule has 1 N–H and O–H groups in total. The Kier molecular flexibility index (Phi) is 7.80. The Morgan fingerprint density at radius 2 is 1.66 bits per heavy atom. The smallest absolute Gasteiger partial charge is 0.338 e. The van der Waals surface area contributed by atoms with Crippen molar-refractivity contribution in [2.24, 2.45) is 0 Å². The lowest BCUT2D eigenvalue weighted by molar-refractivity contribution is -0.128. The molecule has 3 aromatic rings. The minimum Gasteiger partial charge on any atom is -0.457 e. The highest BCUT2D eigenvalue weighted by atomic mass is 35.5. The lowest BCUT2D eigenvalue weighted by Gasteiger charge is -2.41. The van der Waals surface area contributed by atoms with Gasteiger partial charge in [0.2, 0.25) is 0 Å². The number of fused-ring (bicyclic) bond motifs is 1. The van der Waals surface area contributed by atoms with Crippen LogP contribution in [0.25, 0.3) is 11.4 Å². The molecule has 0 aliphatic carbocycles. The molecule has 0 saturated carbocycles. The number of esters is 1. The van der Waals surface area contributed by atoms with Crippen molar-refractivity contribution in [1.82, 2.24) is 15.1 Å². The van der Waals surface area contributed by atoms with Crippen molar-refractivity contribution >= 4 is 34.9 Å². The SMILES string of the molecule is CCCCCN1C(c2ccc(COC(=O)c3ccccc3)cc2)=CC(=O)N2C=C(c3ccc(Cl)cc3)NC21. The molecule has 7 heteroatoms. The van der Waals surface area contributed by atoms with E-state index >= 15 is 0 Å². The standard InChI is InChI=1S/C31H30ClN3O3/c1-2-3-7-18-34-28(19-29(36)35-20-27(33-31(34)35)23-14-16-26(32)17-15-23)24-12-10-22(11-13-24)21-38-30(37)25-8-5-4-6-9-25/h4-6,8-17,19-20,31,33H,2-3,7,18,21H2,1H3. The first-order valence-electron chi connectivity index (χ1n) is 12.9. The topological polar surface area (TPSA) is 61.9 Å². The van der Waals surface area contributed by atoms with E-state index in [0.29, 0.717) is 10.6 Å². The fourth-order valence-electron chi connectivity index (χ4n) is 4.66. The minimum absolute atomic E-state index is 0.0749. The van der Waals surface area contributed by atoms with Gasteiger partial charge in [-0.1, -0.05) is 86.0 Å². The third kappa shape index (κ3) is 5.60. The van der Waals surface area contributed by atoms with Crippen LogP contribution >= 0.6 is 11.6 Å². The molecule has 0 bridgehead atoms. The monoisotopic (exact) mass is 527 g/mol. The summed E-state index contributed by atoms with van der Waals surface area (Å²) in [6.45, 7) is 3.16. The van der Waals surface area contributed by atoms with Crippen molar-refractivity contribution < 1.29 is 14.3 Å². The molecular weight excluding hydrogens is 498 g/mol. The Hall–Kier alpha value is -4.03. The lowest BCUT2D eigenvalue weighted by Crippen LogP contribution is -2.54. The van der Waals surface area contributed by atoms with Gasteiger partial charge in [-0.15, -0.1) is 0 Å². The number of unbranched alkanes of at least 4 members (excludes halogenated alkanes) is 2. The molecule has 0 saturated heterocycles. The normalized spacial score (nSPS) is 16.5. The van der Waals surface area contributed by atoms with Crippen LogP contribution in [0.2, 0.25) is 5.02 Å². The van der Waals surface area contributed by atoms with Crippen LogP contribution < -0.4 is 5.32 Å². The van der Waals surface area contributed by atoms with Crippen LogP contribution in [-0.4, -0.2) is 34.5 Å². The number of nitrogens with zero attached hydrogens (tertiary/aromatic N) is 2. The fraction of sp³-hybridized carbons (Fsp3) is 0.226. The minimum atomic E-state index is -0.353. The van der Waals surface area contributed by atoms with E-state index < -0.39 is 0 Å². The quantitative estimate of drug-likeness (QED) is 0.263. The highest BCUT2D eigenvalue weighted by Crippen LogP contribution is 2.33. The molecule has 5 rings (SSSR count). The predicted octanol–water partition coefficient (Wildman–Crippen LogP) is 6.26. The molecule has 1 atom stereocenters. The maximum atomic E-state index is 13.2. The van der Waals surface area contributed by atoms with E-state index in [1.54, 1.807) is 23.1 Å². The summed E-state index contributed by atoms with van der Waals surface area (Å²) >= 11 is 6.07. The fourth-order valence-corrected chi connectivity index (χ4v) is 4.79. The molecule has 38 heavy (non-hydrogen) atoms. The third-order valence-electron chi connectivity index (χ3n) is 6.72. The molecule has 0 radical (unpaired) electrons. The van der Waals surface area contributed by atoms with Crippen LogP contribution in [-0.2, 0) is 16.1 Å². The molecule has 1 amide bonds. The van der Waals surface area contributed by atoms with E-state index in [4.69, 9.17) is 16.3 Å². The van der Waals surface area contributed by atoms with Crippen LogP contribution in [0.5, 0.6) is 0 Å². The second-order valence-electron chi connectivity index (χ2n) is 9.38. The van der Waals surface area contributed by atoms with Crippen LogP contribution in [0, 0.1) is 0 Å². The summed E-state index contributed by atoms with van der Waals surface area (Å²) in [7, 11) is 0. The highest BCUT2D eigenvalue weighted by Gasteiger charge is 2.38. The molecular formula is C31H30ClN3O3. The molecule has 0 aromatic heterocycles. The number of benzene rings is 3. The maximum Gasteiger partial charge on any atom is 0.338 e. The summed E-state index contributed by atoms with van der Waals surface area (Å²) < 4.78 is 5.47. The molecule has 6 nitrogen and oxygen atoms in total. The van der Waals surface area contributed by atoms with Crippen LogP contribution in [0.15, 0.2) is 91.1 Å². The van der Waals surface area contributed by atoms with Gasteiger partial charge in [0.05, 0.1) is 17.0 Å². The van der Waals surface area contributed by atoms with E-state index in [1.807, 2.05) is 72.9 Å². The average Bonchev–Trinajstić information content (AvgIpc) is 3.40. The van der Waals surface area contributed by atoms with Crippen molar-refractivity contribution in [3.63, 3.8) is 0 Å². The summed E-state index contributed by atoms with van der Waals surface area (Å²) in [6.07, 6.45) is 6.50. The van der Waals surface area contributed by atoms with Gasteiger partial charge in [0.1, 0.15) is 6.61 Å². The van der Waals surface area contributed by atoms with Gasteiger partial charge >= 0.3 is 5.97 Å². The molecule has 2 aliphatic rings. The van der Waals surface area contributed by atoms with Gasteiger partial charge in [-0.25, -0.2) is 4.79 Å². The van der Waals surface area contributed by atoms with Crippen LogP contribution in [0.4, 0.5) is 0 Å². The largest absolute Gasteiger partial charge is 0.457 e. The van der Waals surface area contributed by atoms with E-state index in [2.05, 4.69) is 17.1 Å². The zero-order chi connectivity index (χ0) is 26.5. The van der Waals surface area contributed by atoms with E-state index in [-0.39, 0.29) is 24.8 Å². The molecule has 194 valence electrons. The van der Waals surface area contributed by atoms with Gasteiger partial charge in [0.15, 0.2) is 6.29 Å². The van der Waals surface area contributed by atoms with Gasteiger partial charge < -0.3 is 15.0 Å². The summed E-state index contributed by atoms with van der Waals surface area (Å²) in [5.74, 6) is -0.428. The summed E-state index contributed by atoms with van der Waals surface area (Å²) in [4.78, 5) is 29.5. The third-order valence-corrected chi connectivity index (χ3v) is 6.97. The zero-order valence-electron chi connectivity index (χ0n) is 21.3. The zero-order valence-corrected chi connectivity index (χ0v) is 22.0. The van der Waals surface area contributed by atoms with Crippen molar-refractivity contribution in [2.45, 2.75) is 39.1 Å². The Labute approximate surface area is 228 Å². The number of halogens is 1. The number of amides is 1. The first kappa shape index (κ1) is 25.6. The second-order valence-corrected chi connectivity index (χ2v) is 9.82. The van der Waals surface area contributed by atoms with E-state index in [0.717, 1.165) is 53.9 Å². The predicted molar refractivity (Wildman–Crippen MR) is 149 cm³/mol. The molecule has 0 spiro atoms. The molecule has 3 aromatic carbocycles. The highest BCUT2D eigenvalue weighted by molar-refractivity contribution is 6.30. The first-order valence-corrected chi connectivity index (χ1v) is 13.3. The number of nitrogens with one attached hydrogen (secondary N) is 1. The Morgan fingerprint density at radius 3 is 2.37 bits per heavy atom. The molecule has 2 heterocycles. The summed E-state index contributed by atoms with van der Waals surface area (Å²) in [5.41, 5.74) is 5.07. The van der Waals surface area contributed by atoms with Crippen molar-refractivity contribution in [1.29, 1.82) is 0 Å². The number of carbonyl (C=O) groups is 2. The number of rotatable bonds is 9. The Balaban J connectivity index is 1.33. The van der Waals surface area contributed by atoms with Crippen LogP contribution in [0.3, 0.4) is 0 Å². The second kappa shape index (κ2) is 11.6. The molecule has 2 aliphatic heterocycles.